The zero-order valence-corrected chi connectivity index (χ0v) is 12.3. The first-order chi connectivity index (χ1) is 8.93. The van der Waals surface area contributed by atoms with Crippen molar-refractivity contribution < 1.29 is 14.3 Å². The molecule has 0 aromatic rings. The fraction of sp³-hybridized carbons (Fsp3) is 0.929. The van der Waals surface area contributed by atoms with E-state index in [1.165, 1.54) is 0 Å². The summed E-state index contributed by atoms with van der Waals surface area (Å²) in [6.07, 6.45) is 1.58. The van der Waals surface area contributed by atoms with Crippen LogP contribution in [0.25, 0.3) is 0 Å². The topological polar surface area (TPSA) is 64.8 Å². The van der Waals surface area contributed by atoms with E-state index in [2.05, 4.69) is 0 Å². The second kappa shape index (κ2) is 5.38. The molecule has 1 saturated carbocycles. The van der Waals surface area contributed by atoms with E-state index in [0.717, 1.165) is 19.6 Å². The Labute approximate surface area is 115 Å². The fourth-order valence-electron chi connectivity index (χ4n) is 3.03. The molecule has 2 aliphatic rings. The van der Waals surface area contributed by atoms with Gasteiger partial charge in [-0.1, -0.05) is 13.8 Å². The number of carbonyl (C=O) groups excluding carboxylic acids is 1. The number of nitrogens with zero attached hydrogens (tertiary/aromatic N) is 1. The molecule has 1 amide bonds. The molecule has 1 aliphatic heterocycles. The van der Waals surface area contributed by atoms with E-state index in [9.17, 15) is 4.79 Å². The van der Waals surface area contributed by atoms with Crippen molar-refractivity contribution in [3.05, 3.63) is 0 Å². The standard InChI is InChI=1S/C14H26N2O3/c1-4-19-11-10-14(15,13(11,2)3)12(17)16-6-5-8-18-9-7-16/h11H,4-10,15H2,1-3H3. The average molecular weight is 270 g/mol. The summed E-state index contributed by atoms with van der Waals surface area (Å²) in [6, 6.07) is 0. The highest BCUT2D eigenvalue weighted by molar-refractivity contribution is 5.89. The minimum Gasteiger partial charge on any atom is -0.380 e. The third kappa shape index (κ3) is 2.39. The molecule has 2 atom stereocenters. The van der Waals surface area contributed by atoms with E-state index in [0.29, 0.717) is 26.2 Å². The minimum absolute atomic E-state index is 0.0546. The quantitative estimate of drug-likeness (QED) is 0.822. The van der Waals surface area contributed by atoms with Crippen LogP contribution in [-0.4, -0.2) is 55.4 Å². The van der Waals surface area contributed by atoms with E-state index in [1.54, 1.807) is 0 Å². The lowest BCUT2D eigenvalue weighted by Gasteiger charge is -2.58. The zero-order valence-electron chi connectivity index (χ0n) is 12.3. The molecule has 1 heterocycles. The van der Waals surface area contributed by atoms with Crippen molar-refractivity contribution >= 4 is 5.91 Å². The minimum atomic E-state index is -0.794. The van der Waals surface area contributed by atoms with E-state index in [4.69, 9.17) is 15.2 Å². The number of rotatable bonds is 3. The lowest BCUT2D eigenvalue weighted by molar-refractivity contribution is -0.179. The second-order valence-corrected chi connectivity index (χ2v) is 6.10. The summed E-state index contributed by atoms with van der Waals surface area (Å²) in [5.41, 5.74) is 5.31. The van der Waals surface area contributed by atoms with Crippen LogP contribution >= 0.6 is 0 Å². The smallest absolute Gasteiger partial charge is 0.243 e. The molecule has 110 valence electrons. The molecule has 2 N–H and O–H groups in total. The summed E-state index contributed by atoms with van der Waals surface area (Å²) in [4.78, 5) is 14.6. The Hall–Kier alpha value is -0.650. The molecule has 0 aromatic carbocycles. The molecule has 2 fully saturated rings. The average Bonchev–Trinajstić information content (AvgIpc) is 2.66. The monoisotopic (exact) mass is 270 g/mol. The van der Waals surface area contributed by atoms with Crippen LogP contribution in [-0.2, 0) is 14.3 Å². The maximum Gasteiger partial charge on any atom is 0.243 e. The molecule has 5 nitrogen and oxygen atoms in total. The van der Waals surface area contributed by atoms with Crippen LogP contribution in [0.5, 0.6) is 0 Å². The van der Waals surface area contributed by atoms with Gasteiger partial charge in [-0.15, -0.1) is 0 Å². The Morgan fingerprint density at radius 2 is 2.16 bits per heavy atom. The van der Waals surface area contributed by atoms with Gasteiger partial charge in [0.25, 0.3) is 0 Å². The van der Waals surface area contributed by atoms with E-state index in [-0.39, 0.29) is 17.4 Å². The normalized spacial score (nSPS) is 34.5. The summed E-state index contributed by atoms with van der Waals surface area (Å²) < 4.78 is 11.1. The molecule has 2 unspecified atom stereocenters. The zero-order chi connectivity index (χ0) is 14.1. The van der Waals surface area contributed by atoms with Gasteiger partial charge >= 0.3 is 0 Å². The Morgan fingerprint density at radius 1 is 1.42 bits per heavy atom. The van der Waals surface area contributed by atoms with Gasteiger partial charge in [-0.05, 0) is 13.3 Å². The van der Waals surface area contributed by atoms with Crippen molar-refractivity contribution in [1.29, 1.82) is 0 Å². The second-order valence-electron chi connectivity index (χ2n) is 6.10. The SMILES string of the molecule is CCOC1CC(N)(C(=O)N2CCCOCC2)C1(C)C. The van der Waals surface area contributed by atoms with Gasteiger partial charge in [0.05, 0.1) is 12.7 Å². The molecular formula is C14H26N2O3. The van der Waals surface area contributed by atoms with Crippen molar-refractivity contribution in [1.82, 2.24) is 4.90 Å². The van der Waals surface area contributed by atoms with E-state index >= 15 is 0 Å². The lowest BCUT2D eigenvalue weighted by atomic mass is 9.54. The Morgan fingerprint density at radius 3 is 2.79 bits per heavy atom. The van der Waals surface area contributed by atoms with Crippen molar-refractivity contribution in [2.45, 2.75) is 45.3 Å². The van der Waals surface area contributed by atoms with Crippen LogP contribution in [0.15, 0.2) is 0 Å². The number of ether oxygens (including phenoxy) is 2. The van der Waals surface area contributed by atoms with Crippen LogP contribution in [0, 0.1) is 5.41 Å². The summed E-state index contributed by atoms with van der Waals surface area (Å²) in [5.74, 6) is 0.0546. The number of hydrogen-bond donors (Lipinski definition) is 1. The first kappa shape index (κ1) is 14.8. The lowest BCUT2D eigenvalue weighted by Crippen LogP contribution is -2.76. The molecule has 0 bridgehead atoms. The first-order valence-corrected chi connectivity index (χ1v) is 7.21. The van der Waals surface area contributed by atoms with Gasteiger partial charge in [0.15, 0.2) is 0 Å². The van der Waals surface area contributed by atoms with Crippen molar-refractivity contribution in [3.8, 4) is 0 Å². The van der Waals surface area contributed by atoms with Crippen LogP contribution in [0.2, 0.25) is 0 Å². The van der Waals surface area contributed by atoms with Gasteiger partial charge in [0.1, 0.15) is 5.54 Å². The highest BCUT2D eigenvalue weighted by atomic mass is 16.5. The highest BCUT2D eigenvalue weighted by Gasteiger charge is 2.63. The maximum atomic E-state index is 12.7. The van der Waals surface area contributed by atoms with Crippen LogP contribution in [0.3, 0.4) is 0 Å². The highest BCUT2D eigenvalue weighted by Crippen LogP contribution is 2.50. The Balaban J connectivity index is 2.06. The molecule has 19 heavy (non-hydrogen) atoms. The molecule has 0 spiro atoms. The van der Waals surface area contributed by atoms with Gasteiger partial charge in [0, 0.05) is 38.1 Å². The Kier molecular flexibility index (Phi) is 4.18. The van der Waals surface area contributed by atoms with E-state index in [1.807, 2.05) is 25.7 Å². The van der Waals surface area contributed by atoms with Gasteiger partial charge in [-0.25, -0.2) is 0 Å². The predicted molar refractivity (Wildman–Crippen MR) is 72.7 cm³/mol. The number of amides is 1. The first-order valence-electron chi connectivity index (χ1n) is 7.21. The molecule has 1 saturated heterocycles. The van der Waals surface area contributed by atoms with Crippen molar-refractivity contribution in [3.63, 3.8) is 0 Å². The largest absolute Gasteiger partial charge is 0.380 e. The van der Waals surface area contributed by atoms with Crippen molar-refractivity contribution in [2.75, 3.05) is 32.9 Å². The summed E-state index contributed by atoms with van der Waals surface area (Å²) in [6.45, 7) is 9.42. The van der Waals surface area contributed by atoms with Crippen LogP contribution < -0.4 is 5.73 Å². The van der Waals surface area contributed by atoms with Gasteiger partial charge in [-0.2, -0.15) is 0 Å². The number of carbonyl (C=O) groups is 1. The number of hydrogen-bond acceptors (Lipinski definition) is 4. The predicted octanol–water partition coefficient (Wildman–Crippen LogP) is 0.768. The molecule has 1 aliphatic carbocycles. The van der Waals surface area contributed by atoms with Crippen molar-refractivity contribution in [2.24, 2.45) is 11.1 Å². The summed E-state index contributed by atoms with van der Waals surface area (Å²) >= 11 is 0. The van der Waals surface area contributed by atoms with Gasteiger partial charge in [0.2, 0.25) is 5.91 Å². The third-order valence-electron chi connectivity index (χ3n) is 4.72. The van der Waals surface area contributed by atoms with Gasteiger partial charge in [-0.3, -0.25) is 4.79 Å². The van der Waals surface area contributed by atoms with Crippen LogP contribution in [0.4, 0.5) is 0 Å². The molecule has 0 aromatic heterocycles. The van der Waals surface area contributed by atoms with Gasteiger partial charge < -0.3 is 20.1 Å². The van der Waals surface area contributed by atoms with Crippen LogP contribution in [0.1, 0.15) is 33.6 Å². The maximum absolute atomic E-state index is 12.7. The summed E-state index contributed by atoms with van der Waals surface area (Å²) in [7, 11) is 0. The number of nitrogens with two attached hydrogens (primary N) is 1. The molecular weight excluding hydrogens is 244 g/mol. The fourth-order valence-corrected chi connectivity index (χ4v) is 3.03. The Bertz CT molecular complexity index is 338. The molecule has 5 heteroatoms. The molecule has 0 radical (unpaired) electrons. The van der Waals surface area contributed by atoms with E-state index < -0.39 is 5.54 Å². The molecule has 2 rings (SSSR count). The third-order valence-corrected chi connectivity index (χ3v) is 4.72. The summed E-state index contributed by atoms with van der Waals surface area (Å²) in [5, 5.41) is 0.